The molecule has 2 bridgehead atoms. The molecule has 13 nitrogen and oxygen atoms in total. The minimum atomic E-state index is -0.834. The van der Waals surface area contributed by atoms with E-state index in [0.29, 0.717) is 57.8 Å². The van der Waals surface area contributed by atoms with E-state index in [-0.39, 0.29) is 42.3 Å². The second-order valence-corrected chi connectivity index (χ2v) is 15.3. The van der Waals surface area contributed by atoms with Crippen LogP contribution < -0.4 is 10.6 Å². The molecule has 262 valence electrons. The summed E-state index contributed by atoms with van der Waals surface area (Å²) in [5.41, 5.74) is 1.73. The molecule has 2 aliphatic rings. The molecule has 0 radical (unpaired) electrons. The zero-order valence-electron chi connectivity index (χ0n) is 29.0. The van der Waals surface area contributed by atoms with Gasteiger partial charge in [-0.1, -0.05) is 39.7 Å². The first-order valence-electron chi connectivity index (χ1n) is 16.9. The maximum atomic E-state index is 14.2. The van der Waals surface area contributed by atoms with Gasteiger partial charge in [0.15, 0.2) is 5.78 Å². The van der Waals surface area contributed by atoms with Crippen LogP contribution in [0.4, 0.5) is 5.82 Å². The number of Topliss-reactive ketones (excluding diaryl/α,β-unsaturated/α-hetero) is 1. The van der Waals surface area contributed by atoms with E-state index in [9.17, 15) is 19.2 Å². The Morgan fingerprint density at radius 1 is 1.04 bits per heavy atom. The second kappa shape index (κ2) is 14.0. The second-order valence-electron chi connectivity index (χ2n) is 14.5. The summed E-state index contributed by atoms with van der Waals surface area (Å²) in [6.07, 6.45) is 9.42. The Morgan fingerprint density at radius 2 is 1.80 bits per heavy atom. The highest BCUT2D eigenvalue weighted by molar-refractivity contribution is 9.10. The number of anilines is 1. The number of amides is 3. The lowest BCUT2D eigenvalue weighted by Crippen LogP contribution is -2.45. The third-order valence-electron chi connectivity index (χ3n) is 9.79. The largest absolute Gasteiger partial charge is 0.355 e. The van der Waals surface area contributed by atoms with Gasteiger partial charge in [0.05, 0.1) is 17.4 Å². The van der Waals surface area contributed by atoms with Crippen molar-refractivity contribution >= 4 is 56.2 Å². The molecule has 2 atom stereocenters. The number of ketones is 1. The van der Waals surface area contributed by atoms with E-state index in [1.807, 2.05) is 32.9 Å². The number of carbonyl (C=O) groups is 4. The molecule has 6 rings (SSSR count). The number of hydrogen-bond acceptors (Lipinski definition) is 9. The Balaban J connectivity index is 1.32. The summed E-state index contributed by atoms with van der Waals surface area (Å²) in [6, 6.07) is 4.73. The van der Waals surface area contributed by atoms with E-state index in [0.717, 1.165) is 31.2 Å². The van der Waals surface area contributed by atoms with Gasteiger partial charge in [0, 0.05) is 54.2 Å². The lowest BCUT2D eigenvalue weighted by Gasteiger charge is -2.29. The van der Waals surface area contributed by atoms with Crippen molar-refractivity contribution in [2.24, 2.45) is 10.8 Å². The van der Waals surface area contributed by atoms with Crippen molar-refractivity contribution in [1.29, 1.82) is 0 Å². The van der Waals surface area contributed by atoms with Crippen LogP contribution in [-0.4, -0.2) is 77.3 Å². The molecule has 0 unspecified atom stereocenters. The maximum Gasteiger partial charge on any atom is 0.248 e. The van der Waals surface area contributed by atoms with Gasteiger partial charge in [0.25, 0.3) is 0 Å². The summed E-state index contributed by atoms with van der Waals surface area (Å²) in [4.78, 5) is 73.6. The van der Waals surface area contributed by atoms with Gasteiger partial charge in [-0.25, -0.2) is 15.0 Å². The highest BCUT2D eigenvalue weighted by Crippen LogP contribution is 2.36. The number of aromatic nitrogens is 6. The smallest absolute Gasteiger partial charge is 0.248 e. The number of aryl methyl sites for hydroxylation is 2. The molecule has 2 aliphatic heterocycles. The molecule has 0 aromatic carbocycles. The van der Waals surface area contributed by atoms with Gasteiger partial charge in [0.2, 0.25) is 17.7 Å². The van der Waals surface area contributed by atoms with Crippen LogP contribution in [0.1, 0.15) is 81.7 Å². The maximum absolute atomic E-state index is 14.2. The standard InChI is InChI=1S/C36H42BrN9O4/c1-21(47)31-25-13-26(24-15-38-22(2)39-16-24)40-17-28(25)46(44-31)18-30(48)45-20-36(5)14-27(45)33(49)43-32-23(10-11-29(37)42-32)9-7-6-8-12-35(3,4)34(50)41-19-36/h10-11,13,15-17,27H,6-9,12,14,18-20H2,1-5H3,(H,41,50)(H,42,43,49)/t27-,36+/m0/s1. The summed E-state index contributed by atoms with van der Waals surface area (Å²) in [6.45, 7) is 9.43. The van der Waals surface area contributed by atoms with Crippen LogP contribution >= 0.6 is 15.9 Å². The van der Waals surface area contributed by atoms with Gasteiger partial charge in [-0.05, 0) is 66.2 Å². The molecule has 6 heterocycles. The molecule has 4 aromatic heterocycles. The number of pyridine rings is 2. The minimum Gasteiger partial charge on any atom is -0.355 e. The van der Waals surface area contributed by atoms with E-state index in [4.69, 9.17) is 0 Å². The van der Waals surface area contributed by atoms with Crippen molar-refractivity contribution in [2.45, 2.75) is 85.7 Å². The predicted molar refractivity (Wildman–Crippen MR) is 191 cm³/mol. The Bertz CT molecular complexity index is 1980. The third-order valence-corrected chi connectivity index (χ3v) is 10.2. The average molecular weight is 745 g/mol. The van der Waals surface area contributed by atoms with E-state index in [1.165, 1.54) is 11.6 Å². The van der Waals surface area contributed by atoms with Gasteiger partial charge in [-0.2, -0.15) is 5.10 Å². The molecule has 0 aliphatic carbocycles. The van der Waals surface area contributed by atoms with Crippen molar-refractivity contribution in [1.82, 2.24) is 39.9 Å². The SMILES string of the molecule is CC(=O)c1nn(CC(=O)N2C[C@@]3(C)CNC(=O)C(C)(C)CCCCCc4ccc(Br)nc4NC(=O)[C@@H]2C3)c2cnc(-c3cnc(C)nc3)cc12. The molecule has 14 heteroatoms. The highest BCUT2D eigenvalue weighted by atomic mass is 79.9. The molecule has 0 saturated carbocycles. The number of halogens is 1. The van der Waals surface area contributed by atoms with Gasteiger partial charge in [-0.15, -0.1) is 0 Å². The zero-order chi connectivity index (χ0) is 35.8. The van der Waals surface area contributed by atoms with Crippen molar-refractivity contribution in [3.05, 3.63) is 58.5 Å². The molecule has 4 aromatic rings. The topological polar surface area (TPSA) is 165 Å². The molecule has 1 saturated heterocycles. The lowest BCUT2D eigenvalue weighted by molar-refractivity contribution is -0.137. The Hall–Kier alpha value is -4.59. The van der Waals surface area contributed by atoms with Crippen molar-refractivity contribution in [2.75, 3.05) is 18.4 Å². The minimum absolute atomic E-state index is 0.0418. The van der Waals surface area contributed by atoms with Crippen LogP contribution in [0.15, 0.2) is 41.4 Å². The first-order chi connectivity index (χ1) is 23.7. The van der Waals surface area contributed by atoms with E-state index < -0.39 is 16.9 Å². The molecular weight excluding hydrogens is 702 g/mol. The third kappa shape index (κ3) is 7.44. The summed E-state index contributed by atoms with van der Waals surface area (Å²) < 4.78 is 2.06. The number of likely N-dealkylation sites (tertiary alicyclic amines) is 1. The molecule has 3 amide bonds. The van der Waals surface area contributed by atoms with E-state index >= 15 is 0 Å². The number of hydrogen-bond donors (Lipinski definition) is 2. The molecule has 1 fully saturated rings. The summed E-state index contributed by atoms with van der Waals surface area (Å²) in [5, 5.41) is 11.2. The lowest BCUT2D eigenvalue weighted by atomic mass is 9.84. The van der Waals surface area contributed by atoms with Crippen molar-refractivity contribution in [3.63, 3.8) is 0 Å². The van der Waals surface area contributed by atoms with E-state index in [2.05, 4.69) is 51.6 Å². The first-order valence-corrected chi connectivity index (χ1v) is 17.7. The Morgan fingerprint density at radius 3 is 2.54 bits per heavy atom. The van der Waals surface area contributed by atoms with Crippen LogP contribution in [-0.2, 0) is 27.3 Å². The van der Waals surface area contributed by atoms with Gasteiger partial charge < -0.3 is 15.5 Å². The summed E-state index contributed by atoms with van der Waals surface area (Å²) >= 11 is 3.44. The highest BCUT2D eigenvalue weighted by Gasteiger charge is 2.47. The first kappa shape index (κ1) is 35.2. The van der Waals surface area contributed by atoms with E-state index in [1.54, 1.807) is 36.5 Å². The van der Waals surface area contributed by atoms with Gasteiger partial charge in [0.1, 0.15) is 34.5 Å². The van der Waals surface area contributed by atoms with Crippen LogP contribution in [0.2, 0.25) is 0 Å². The normalized spacial score (nSPS) is 21.4. The molecule has 0 spiro atoms. The van der Waals surface area contributed by atoms with Crippen LogP contribution in [0.3, 0.4) is 0 Å². The Kier molecular flexibility index (Phi) is 9.84. The zero-order valence-corrected chi connectivity index (χ0v) is 30.6. The summed E-state index contributed by atoms with van der Waals surface area (Å²) in [7, 11) is 0. The average Bonchev–Trinajstić information content (AvgIpc) is 3.62. The Labute approximate surface area is 299 Å². The van der Waals surface area contributed by atoms with Gasteiger partial charge in [-0.3, -0.25) is 28.8 Å². The molecule has 2 N–H and O–H groups in total. The van der Waals surface area contributed by atoms with Crippen molar-refractivity contribution in [3.8, 4) is 11.3 Å². The van der Waals surface area contributed by atoms with Gasteiger partial charge >= 0.3 is 0 Å². The fourth-order valence-corrected chi connectivity index (χ4v) is 7.13. The number of fused-ring (bicyclic) bond motifs is 4. The fraction of sp³-hybridized carbons (Fsp3) is 0.472. The summed E-state index contributed by atoms with van der Waals surface area (Å²) in [5.74, 6) is 0.0885. The van der Waals surface area contributed by atoms with Crippen LogP contribution in [0, 0.1) is 17.8 Å². The number of carbonyl (C=O) groups excluding carboxylic acids is 4. The number of rotatable bonds is 4. The quantitative estimate of drug-likeness (QED) is 0.215. The fourth-order valence-electron chi connectivity index (χ4n) is 6.82. The predicted octanol–water partition coefficient (Wildman–Crippen LogP) is 5.06. The number of nitrogens with zero attached hydrogens (tertiary/aromatic N) is 7. The molecular formula is C36H42BrN9O4. The molecule has 50 heavy (non-hydrogen) atoms. The van der Waals surface area contributed by atoms with Crippen molar-refractivity contribution < 1.29 is 19.2 Å². The number of nitrogens with one attached hydrogen (secondary N) is 2. The van der Waals surface area contributed by atoms with Crippen LogP contribution in [0.25, 0.3) is 22.2 Å². The monoisotopic (exact) mass is 743 g/mol. The van der Waals surface area contributed by atoms with Crippen LogP contribution in [0.5, 0.6) is 0 Å².